The van der Waals surface area contributed by atoms with Gasteiger partial charge in [0.25, 0.3) is 5.91 Å². The molecule has 3 rings (SSSR count). The second-order valence-electron chi connectivity index (χ2n) is 5.73. The minimum Gasteiger partial charge on any atom is -0.474 e. The topological polar surface area (TPSA) is 60.5 Å². The van der Waals surface area contributed by atoms with Crippen molar-refractivity contribution >= 4 is 5.91 Å². The van der Waals surface area contributed by atoms with Gasteiger partial charge in [-0.05, 0) is 12.1 Å². The molecule has 1 saturated heterocycles. The summed E-state index contributed by atoms with van der Waals surface area (Å²) in [4.78, 5) is 16.3. The highest BCUT2D eigenvalue weighted by atomic mass is 19.1. The largest absolute Gasteiger partial charge is 0.474 e. The third kappa shape index (κ3) is 4.73. The molecule has 1 N–H and O–H groups in total. The number of benzene rings is 1. The summed E-state index contributed by atoms with van der Waals surface area (Å²) >= 11 is 0. The second kappa shape index (κ2) is 8.02. The molecule has 1 aliphatic rings. The van der Waals surface area contributed by atoms with E-state index in [9.17, 15) is 13.6 Å². The maximum Gasteiger partial charge on any atom is 0.251 e. The van der Waals surface area contributed by atoms with Crippen molar-refractivity contribution in [1.29, 1.82) is 0 Å². The number of carbonyl (C=O) groups is 1. The van der Waals surface area contributed by atoms with E-state index in [0.29, 0.717) is 24.7 Å². The maximum atomic E-state index is 13.6. The van der Waals surface area contributed by atoms with Gasteiger partial charge in [-0.2, -0.15) is 0 Å². The number of halogens is 2. The van der Waals surface area contributed by atoms with E-state index in [1.165, 1.54) is 12.3 Å². The molecule has 1 aromatic heterocycles. The number of amides is 1. The molecule has 25 heavy (non-hydrogen) atoms. The Balaban J connectivity index is 1.60. The Morgan fingerprint density at radius 1 is 1.24 bits per heavy atom. The average Bonchev–Trinajstić information content (AvgIpc) is 2.62. The van der Waals surface area contributed by atoms with E-state index < -0.39 is 11.6 Å². The Bertz CT molecular complexity index is 749. The molecule has 2 aromatic rings. The highest BCUT2D eigenvalue weighted by molar-refractivity contribution is 5.94. The summed E-state index contributed by atoms with van der Waals surface area (Å²) in [5.41, 5.74) is 0.571. The molecule has 0 atom stereocenters. The van der Waals surface area contributed by atoms with Crippen LogP contribution in [0.1, 0.15) is 28.8 Å². The number of nitrogens with zero attached hydrogens (tertiary/aromatic N) is 1. The number of ether oxygens (including phenoxy) is 2. The number of pyridine rings is 1. The minimum absolute atomic E-state index is 0.0212. The van der Waals surface area contributed by atoms with Crippen LogP contribution in [0.3, 0.4) is 0 Å². The molecule has 0 spiro atoms. The Kier molecular flexibility index (Phi) is 5.55. The Hall–Kier alpha value is -2.54. The molecule has 132 valence electrons. The van der Waals surface area contributed by atoms with Crippen molar-refractivity contribution < 1.29 is 23.0 Å². The lowest BCUT2D eigenvalue weighted by atomic mass is 10.1. The highest BCUT2D eigenvalue weighted by Gasteiger charge is 2.17. The first-order chi connectivity index (χ1) is 12.1. The van der Waals surface area contributed by atoms with Crippen molar-refractivity contribution in [2.45, 2.75) is 25.5 Å². The standard InChI is InChI=1S/C18H18F2N2O3/c19-14-2-1-13(16(20)10-14)11-22-18(23)12-3-6-21-17(9-12)25-15-4-7-24-8-5-15/h1-3,6,9-10,15H,4-5,7-8,11H2,(H,22,23). The zero-order valence-electron chi connectivity index (χ0n) is 13.5. The molecule has 0 bridgehead atoms. The number of rotatable bonds is 5. The van der Waals surface area contributed by atoms with E-state index in [1.807, 2.05) is 0 Å². The smallest absolute Gasteiger partial charge is 0.251 e. The van der Waals surface area contributed by atoms with Crippen LogP contribution in [-0.4, -0.2) is 30.2 Å². The summed E-state index contributed by atoms with van der Waals surface area (Å²) in [6.45, 7) is 1.26. The summed E-state index contributed by atoms with van der Waals surface area (Å²) in [6, 6.07) is 6.33. The summed E-state index contributed by atoms with van der Waals surface area (Å²) < 4.78 is 37.5. The molecule has 0 unspecified atom stereocenters. The molecule has 2 heterocycles. The van der Waals surface area contributed by atoms with E-state index >= 15 is 0 Å². The first kappa shape index (κ1) is 17.3. The first-order valence-corrected chi connectivity index (χ1v) is 8.04. The molecule has 0 aliphatic carbocycles. The van der Waals surface area contributed by atoms with Crippen molar-refractivity contribution in [1.82, 2.24) is 10.3 Å². The summed E-state index contributed by atoms with van der Waals surface area (Å²) in [7, 11) is 0. The van der Waals surface area contributed by atoms with Crippen LogP contribution in [0.2, 0.25) is 0 Å². The van der Waals surface area contributed by atoms with Gasteiger partial charge in [0.2, 0.25) is 5.88 Å². The van der Waals surface area contributed by atoms with Gasteiger partial charge < -0.3 is 14.8 Å². The molecule has 0 radical (unpaired) electrons. The van der Waals surface area contributed by atoms with Gasteiger partial charge >= 0.3 is 0 Å². The van der Waals surface area contributed by atoms with E-state index in [1.54, 1.807) is 12.1 Å². The summed E-state index contributed by atoms with van der Waals surface area (Å²) in [5.74, 6) is -1.37. The highest BCUT2D eigenvalue weighted by Crippen LogP contribution is 2.17. The molecule has 1 fully saturated rings. The normalized spacial score (nSPS) is 15.0. The lowest BCUT2D eigenvalue weighted by Gasteiger charge is -2.22. The third-order valence-corrected chi connectivity index (χ3v) is 3.91. The van der Waals surface area contributed by atoms with Gasteiger partial charge in [0.1, 0.15) is 17.7 Å². The van der Waals surface area contributed by atoms with Crippen molar-refractivity contribution in [3.63, 3.8) is 0 Å². The van der Waals surface area contributed by atoms with Crippen LogP contribution >= 0.6 is 0 Å². The fourth-order valence-corrected chi connectivity index (χ4v) is 2.52. The fraction of sp³-hybridized carbons (Fsp3) is 0.333. The van der Waals surface area contributed by atoms with E-state index in [4.69, 9.17) is 9.47 Å². The van der Waals surface area contributed by atoms with Gasteiger partial charge in [-0.3, -0.25) is 4.79 Å². The quantitative estimate of drug-likeness (QED) is 0.903. The average molecular weight is 348 g/mol. The van der Waals surface area contributed by atoms with Crippen LogP contribution in [0.4, 0.5) is 8.78 Å². The van der Waals surface area contributed by atoms with Gasteiger partial charge in [0, 0.05) is 48.8 Å². The molecule has 1 aliphatic heterocycles. The van der Waals surface area contributed by atoms with Crippen molar-refractivity contribution in [2.75, 3.05) is 13.2 Å². The van der Waals surface area contributed by atoms with Crippen molar-refractivity contribution in [2.24, 2.45) is 0 Å². The SMILES string of the molecule is O=C(NCc1ccc(F)cc1F)c1ccnc(OC2CCOCC2)c1. The fourth-order valence-electron chi connectivity index (χ4n) is 2.52. The van der Waals surface area contributed by atoms with E-state index in [0.717, 1.165) is 25.0 Å². The van der Waals surface area contributed by atoms with Gasteiger partial charge in [0.15, 0.2) is 0 Å². The molecule has 7 heteroatoms. The molecule has 0 saturated carbocycles. The molecule has 1 aromatic carbocycles. The number of hydrogen-bond acceptors (Lipinski definition) is 4. The monoisotopic (exact) mass is 348 g/mol. The zero-order valence-corrected chi connectivity index (χ0v) is 13.5. The van der Waals surface area contributed by atoms with Gasteiger partial charge in [0.05, 0.1) is 13.2 Å². The third-order valence-electron chi connectivity index (χ3n) is 3.91. The molecule has 1 amide bonds. The van der Waals surface area contributed by atoms with Crippen LogP contribution in [0.25, 0.3) is 0 Å². The van der Waals surface area contributed by atoms with Gasteiger partial charge in [-0.25, -0.2) is 13.8 Å². The number of hydrogen-bond donors (Lipinski definition) is 1. The lowest BCUT2D eigenvalue weighted by molar-refractivity contribution is 0.0237. The number of aromatic nitrogens is 1. The Labute approximate surface area is 144 Å². The van der Waals surface area contributed by atoms with E-state index in [2.05, 4.69) is 10.3 Å². The van der Waals surface area contributed by atoms with Crippen LogP contribution in [0, 0.1) is 11.6 Å². The first-order valence-electron chi connectivity index (χ1n) is 8.04. The summed E-state index contributed by atoms with van der Waals surface area (Å²) in [5, 5.41) is 2.60. The Morgan fingerprint density at radius 2 is 2.04 bits per heavy atom. The van der Waals surface area contributed by atoms with Gasteiger partial charge in [-0.1, -0.05) is 6.07 Å². The van der Waals surface area contributed by atoms with Crippen LogP contribution in [-0.2, 0) is 11.3 Å². The molecule has 5 nitrogen and oxygen atoms in total. The van der Waals surface area contributed by atoms with Crippen LogP contribution in [0.15, 0.2) is 36.5 Å². The molecular formula is C18H18F2N2O3. The minimum atomic E-state index is -0.696. The zero-order chi connectivity index (χ0) is 17.6. The second-order valence-corrected chi connectivity index (χ2v) is 5.73. The summed E-state index contributed by atoms with van der Waals surface area (Å²) in [6.07, 6.45) is 3.07. The van der Waals surface area contributed by atoms with E-state index in [-0.39, 0.29) is 24.1 Å². The lowest BCUT2D eigenvalue weighted by Crippen LogP contribution is -2.27. The Morgan fingerprint density at radius 3 is 2.80 bits per heavy atom. The maximum absolute atomic E-state index is 13.6. The van der Waals surface area contributed by atoms with Crippen molar-refractivity contribution in [3.05, 3.63) is 59.3 Å². The van der Waals surface area contributed by atoms with Gasteiger partial charge in [-0.15, -0.1) is 0 Å². The predicted octanol–water partition coefficient (Wildman–Crippen LogP) is 2.85. The number of carbonyl (C=O) groups excluding carboxylic acids is 1. The predicted molar refractivity (Wildman–Crippen MR) is 86.2 cm³/mol. The van der Waals surface area contributed by atoms with Crippen molar-refractivity contribution in [3.8, 4) is 5.88 Å². The van der Waals surface area contributed by atoms with Crippen LogP contribution < -0.4 is 10.1 Å². The molecular weight excluding hydrogens is 330 g/mol. The number of nitrogens with one attached hydrogen (secondary N) is 1. The van der Waals surface area contributed by atoms with Crippen LogP contribution in [0.5, 0.6) is 5.88 Å².